The van der Waals surface area contributed by atoms with E-state index >= 15 is 0 Å². The van der Waals surface area contributed by atoms with Crippen LogP contribution in [-0.2, 0) is 0 Å². The number of nitrogens with zero attached hydrogens (tertiary/aromatic N) is 2. The Morgan fingerprint density at radius 3 is 2.81 bits per heavy atom. The molecule has 0 aromatic carbocycles. The monoisotopic (exact) mass is 283 g/mol. The minimum atomic E-state index is -0.280. The zero-order chi connectivity index (χ0) is 15.7. The Hall–Kier alpha value is -2.49. The number of carbonyl (C=O) groups excluding carboxylic acids is 1. The van der Waals surface area contributed by atoms with Crippen molar-refractivity contribution in [2.24, 2.45) is 4.99 Å². The van der Waals surface area contributed by atoms with Gasteiger partial charge in [-0.3, -0.25) is 9.79 Å². The smallest absolute Gasteiger partial charge is 0.275 e. The third kappa shape index (κ3) is 4.84. The summed E-state index contributed by atoms with van der Waals surface area (Å²) in [6.07, 6.45) is 9.96. The van der Waals surface area contributed by atoms with Crippen LogP contribution in [0.2, 0.25) is 0 Å². The summed E-state index contributed by atoms with van der Waals surface area (Å²) in [6, 6.07) is 3.56. The predicted octanol–water partition coefficient (Wildman–Crippen LogP) is 1.57. The zero-order valence-electron chi connectivity index (χ0n) is 12.8. The van der Waals surface area contributed by atoms with E-state index in [1.54, 1.807) is 31.3 Å². The Morgan fingerprint density at radius 1 is 1.48 bits per heavy atom. The molecule has 4 heteroatoms. The molecular weight excluding hydrogens is 262 g/mol. The second-order valence-corrected chi connectivity index (χ2v) is 4.24. The highest BCUT2D eigenvalue weighted by atomic mass is 16.1. The van der Waals surface area contributed by atoms with Crippen molar-refractivity contribution in [1.82, 2.24) is 10.3 Å². The third-order valence-corrected chi connectivity index (χ3v) is 2.77. The van der Waals surface area contributed by atoms with Gasteiger partial charge in [0, 0.05) is 7.05 Å². The minimum Gasteiger partial charge on any atom is -0.306 e. The van der Waals surface area contributed by atoms with Crippen molar-refractivity contribution in [2.75, 3.05) is 7.05 Å². The molecule has 0 fully saturated rings. The van der Waals surface area contributed by atoms with Crippen LogP contribution in [0.15, 0.2) is 41.9 Å². The van der Waals surface area contributed by atoms with Gasteiger partial charge in [0.25, 0.3) is 5.91 Å². The molecule has 1 rings (SSSR count). The van der Waals surface area contributed by atoms with E-state index in [9.17, 15) is 4.79 Å². The number of allylic oxidation sites excluding steroid dienone is 2. The van der Waals surface area contributed by atoms with Crippen LogP contribution in [0.3, 0.4) is 0 Å². The highest BCUT2D eigenvalue weighted by Crippen LogP contribution is 1.90. The molecule has 0 radical (unpaired) electrons. The number of hydrogen-bond donors (Lipinski definition) is 1. The van der Waals surface area contributed by atoms with Crippen LogP contribution >= 0.6 is 0 Å². The molecule has 0 bridgehead atoms. The van der Waals surface area contributed by atoms with Crippen LogP contribution in [0, 0.1) is 0 Å². The fourth-order valence-electron chi connectivity index (χ4n) is 1.68. The quantitative estimate of drug-likeness (QED) is 0.673. The Kier molecular flexibility index (Phi) is 6.81. The van der Waals surface area contributed by atoms with Crippen molar-refractivity contribution >= 4 is 23.9 Å². The predicted molar refractivity (Wildman–Crippen MR) is 88.5 cm³/mol. The lowest BCUT2D eigenvalue weighted by molar-refractivity contribution is 0.0972. The molecule has 0 spiro atoms. The summed E-state index contributed by atoms with van der Waals surface area (Å²) in [4.78, 5) is 20.6. The summed E-state index contributed by atoms with van der Waals surface area (Å²) >= 11 is 0. The molecule has 0 aliphatic carbocycles. The molecule has 1 aromatic rings. The highest BCUT2D eigenvalue weighted by Gasteiger charge is 2.08. The van der Waals surface area contributed by atoms with Gasteiger partial charge < -0.3 is 5.32 Å². The molecule has 1 heterocycles. The lowest BCUT2D eigenvalue weighted by Gasteiger charge is -2.04. The number of amides is 1. The Balaban J connectivity index is 3.09. The summed E-state index contributed by atoms with van der Waals surface area (Å²) in [5.74, 6) is 0.238. The number of pyridine rings is 1. The van der Waals surface area contributed by atoms with Crippen molar-refractivity contribution in [1.29, 1.82) is 0 Å². The van der Waals surface area contributed by atoms with Crippen molar-refractivity contribution in [2.45, 2.75) is 20.3 Å². The van der Waals surface area contributed by atoms with Gasteiger partial charge >= 0.3 is 0 Å². The summed E-state index contributed by atoms with van der Waals surface area (Å²) in [5, 5.41) is 4.42. The van der Waals surface area contributed by atoms with Crippen LogP contribution in [0.1, 0.15) is 30.8 Å². The minimum absolute atomic E-state index is 0.280. The topological polar surface area (TPSA) is 54.4 Å². The first-order chi connectivity index (χ1) is 10.2. The van der Waals surface area contributed by atoms with Gasteiger partial charge in [-0.15, -0.1) is 0 Å². The zero-order valence-corrected chi connectivity index (χ0v) is 12.8. The molecule has 4 nitrogen and oxygen atoms in total. The first kappa shape index (κ1) is 16.6. The summed E-state index contributed by atoms with van der Waals surface area (Å²) in [7, 11) is 1.63. The average molecular weight is 283 g/mol. The molecule has 21 heavy (non-hydrogen) atoms. The van der Waals surface area contributed by atoms with E-state index in [1.807, 2.05) is 32.1 Å². The van der Waals surface area contributed by atoms with E-state index in [2.05, 4.69) is 21.9 Å². The molecule has 0 saturated heterocycles. The van der Waals surface area contributed by atoms with Crippen molar-refractivity contribution in [3.05, 3.63) is 53.2 Å². The number of hydrogen-bond acceptors (Lipinski definition) is 3. The molecule has 1 N–H and O–H groups in total. The summed E-state index contributed by atoms with van der Waals surface area (Å²) in [5.41, 5.74) is 0.347. The molecule has 1 amide bonds. The van der Waals surface area contributed by atoms with E-state index in [-0.39, 0.29) is 5.91 Å². The van der Waals surface area contributed by atoms with Crippen molar-refractivity contribution < 1.29 is 4.79 Å². The van der Waals surface area contributed by atoms with E-state index in [0.29, 0.717) is 11.5 Å². The van der Waals surface area contributed by atoms with Crippen LogP contribution in [0.5, 0.6) is 0 Å². The summed E-state index contributed by atoms with van der Waals surface area (Å²) in [6.45, 7) is 7.61. The molecule has 0 saturated carbocycles. The third-order valence-electron chi connectivity index (χ3n) is 2.77. The van der Waals surface area contributed by atoms with Gasteiger partial charge in [-0.25, -0.2) is 4.98 Å². The maximum atomic E-state index is 12.2. The Morgan fingerprint density at radius 2 is 2.24 bits per heavy atom. The lowest BCUT2D eigenvalue weighted by atomic mass is 10.2. The molecule has 0 aliphatic heterocycles. The number of amidine groups is 1. The second-order valence-electron chi connectivity index (χ2n) is 4.24. The fraction of sp³-hybridized carbons (Fsp3) is 0.235. The molecule has 110 valence electrons. The van der Waals surface area contributed by atoms with E-state index in [0.717, 1.165) is 17.0 Å². The second kappa shape index (κ2) is 8.64. The van der Waals surface area contributed by atoms with Gasteiger partial charge in [0.2, 0.25) is 0 Å². The normalized spacial score (nSPS) is 13.8. The largest absolute Gasteiger partial charge is 0.306 e. The van der Waals surface area contributed by atoms with Gasteiger partial charge in [0.05, 0.1) is 5.35 Å². The maximum Gasteiger partial charge on any atom is 0.275 e. The van der Waals surface area contributed by atoms with Gasteiger partial charge in [-0.05, 0) is 36.8 Å². The number of carbonyl (C=O) groups is 1. The highest BCUT2D eigenvalue weighted by molar-refractivity contribution is 6.09. The van der Waals surface area contributed by atoms with Crippen LogP contribution in [0.25, 0.3) is 12.2 Å². The fourth-order valence-corrected chi connectivity index (χ4v) is 1.68. The average Bonchev–Trinajstić information content (AvgIpc) is 2.51. The molecule has 0 unspecified atom stereocenters. The van der Waals surface area contributed by atoms with Crippen molar-refractivity contribution in [3.63, 3.8) is 0 Å². The number of nitrogens with one attached hydrogen (secondary N) is 1. The molecule has 0 atom stereocenters. The first-order valence-corrected chi connectivity index (χ1v) is 6.87. The molecule has 1 aromatic heterocycles. The van der Waals surface area contributed by atoms with Crippen molar-refractivity contribution in [3.8, 4) is 0 Å². The number of aromatic nitrogens is 1. The van der Waals surface area contributed by atoms with Crippen LogP contribution < -0.4 is 15.9 Å². The number of aliphatic imine (C=N–C) groups is 1. The van der Waals surface area contributed by atoms with E-state index in [4.69, 9.17) is 0 Å². The van der Waals surface area contributed by atoms with Gasteiger partial charge in [0.15, 0.2) is 0 Å². The van der Waals surface area contributed by atoms with Gasteiger partial charge in [0.1, 0.15) is 11.5 Å². The standard InChI is InChI=1S/C17H21N3O/c1-5-8-10-16(18-4)20-17(21)15-12-11-13(7-3)14(19-15)9-6-2/h6-12H,2,5H2,1,3-4H3,(H,18,20,21)/b10-8-,13-7-,14-9+. The number of rotatable bonds is 4. The van der Waals surface area contributed by atoms with Gasteiger partial charge in [-0.2, -0.15) is 0 Å². The lowest BCUT2D eigenvalue weighted by Crippen LogP contribution is -2.35. The molecule has 0 aliphatic rings. The summed E-state index contributed by atoms with van der Waals surface area (Å²) < 4.78 is 0. The maximum absolute atomic E-state index is 12.2. The first-order valence-electron chi connectivity index (χ1n) is 6.87. The van der Waals surface area contributed by atoms with E-state index in [1.165, 1.54) is 0 Å². The van der Waals surface area contributed by atoms with Gasteiger partial charge in [-0.1, -0.05) is 37.8 Å². The Bertz CT molecular complexity index is 684. The van der Waals surface area contributed by atoms with Crippen LogP contribution in [0.4, 0.5) is 0 Å². The Labute approximate surface area is 125 Å². The molecular formula is C17H21N3O. The SMILES string of the molecule is C=C/C=c1/nc(C(=O)NC(/C=C\CC)=NC)cc/c1=C/C. The van der Waals surface area contributed by atoms with E-state index < -0.39 is 0 Å². The van der Waals surface area contributed by atoms with Crippen LogP contribution in [-0.4, -0.2) is 23.8 Å².